The highest BCUT2D eigenvalue weighted by Gasteiger charge is 2.28. The third-order valence-electron chi connectivity index (χ3n) is 3.01. The van der Waals surface area contributed by atoms with Crippen molar-refractivity contribution in [2.45, 2.75) is 11.3 Å². The molecule has 0 amide bonds. The largest absolute Gasteiger partial charge is 0.240 e. The van der Waals surface area contributed by atoms with Gasteiger partial charge in [0.2, 0.25) is 10.0 Å². The molecule has 0 radical (unpaired) electrons. The summed E-state index contributed by atoms with van der Waals surface area (Å²) in [5, 5.41) is 0. The Morgan fingerprint density at radius 3 is 2.42 bits per heavy atom. The zero-order chi connectivity index (χ0) is 14.1. The molecule has 1 heterocycles. The Morgan fingerprint density at radius 2 is 1.89 bits per heavy atom. The summed E-state index contributed by atoms with van der Waals surface area (Å²) in [5.41, 5.74) is 0. The van der Waals surface area contributed by atoms with Gasteiger partial charge in [-0.2, -0.15) is 0 Å². The summed E-state index contributed by atoms with van der Waals surface area (Å²) in [5.74, 6) is -0.587. The first-order valence-corrected chi connectivity index (χ1v) is 9.05. The quantitative estimate of drug-likeness (QED) is 0.880. The molecule has 8 heteroatoms. The molecule has 2 rings (SSSR count). The van der Waals surface area contributed by atoms with Gasteiger partial charge >= 0.3 is 0 Å². The summed E-state index contributed by atoms with van der Waals surface area (Å²) in [4.78, 5) is -0.0326. The second-order valence-electron chi connectivity index (χ2n) is 4.57. The fourth-order valence-electron chi connectivity index (χ4n) is 1.96. The molecule has 1 aliphatic rings. The lowest BCUT2D eigenvalue weighted by molar-refractivity contribution is 0.543. The van der Waals surface area contributed by atoms with Gasteiger partial charge in [-0.25, -0.2) is 25.9 Å². The van der Waals surface area contributed by atoms with Crippen molar-refractivity contribution in [1.82, 2.24) is 4.72 Å². The molecule has 19 heavy (non-hydrogen) atoms. The van der Waals surface area contributed by atoms with Crippen LogP contribution < -0.4 is 4.72 Å². The summed E-state index contributed by atoms with van der Waals surface area (Å²) in [6.45, 7) is 0.0823. The second kappa shape index (κ2) is 5.18. The van der Waals surface area contributed by atoms with Crippen LogP contribution in [0.3, 0.4) is 0 Å². The molecular formula is C11H14FNO4S2. The van der Waals surface area contributed by atoms with Gasteiger partial charge in [0.25, 0.3) is 0 Å². The average Bonchev–Trinajstić information content (AvgIpc) is 2.67. The van der Waals surface area contributed by atoms with E-state index < -0.39 is 25.7 Å². The summed E-state index contributed by atoms with van der Waals surface area (Å²) in [7, 11) is -6.73. The molecule has 106 valence electrons. The number of hydrogen-bond donors (Lipinski definition) is 1. The zero-order valence-electron chi connectivity index (χ0n) is 10.0. The molecule has 1 aromatic rings. The number of nitrogens with one attached hydrogen (secondary N) is 1. The first-order valence-electron chi connectivity index (χ1n) is 5.74. The maximum absolute atomic E-state index is 12.7. The Morgan fingerprint density at radius 1 is 1.26 bits per heavy atom. The average molecular weight is 307 g/mol. The van der Waals surface area contributed by atoms with Gasteiger partial charge < -0.3 is 0 Å². The predicted molar refractivity (Wildman–Crippen MR) is 68.3 cm³/mol. The molecule has 5 nitrogen and oxygen atoms in total. The highest BCUT2D eigenvalue weighted by atomic mass is 32.2. The molecule has 0 aromatic heterocycles. The first kappa shape index (κ1) is 14.4. The zero-order valence-corrected chi connectivity index (χ0v) is 11.7. The number of hydrogen-bond acceptors (Lipinski definition) is 4. The van der Waals surface area contributed by atoms with Crippen molar-refractivity contribution in [3.8, 4) is 0 Å². The van der Waals surface area contributed by atoms with E-state index in [4.69, 9.17) is 0 Å². The highest BCUT2D eigenvalue weighted by Crippen LogP contribution is 2.18. The molecule has 1 fully saturated rings. The van der Waals surface area contributed by atoms with Gasteiger partial charge in [-0.15, -0.1) is 0 Å². The Labute approximate surface area is 111 Å². The Bertz CT molecular complexity index is 652. The summed E-state index contributed by atoms with van der Waals surface area (Å²) in [6.07, 6.45) is 0.467. The van der Waals surface area contributed by atoms with E-state index in [1.165, 1.54) is 12.1 Å². The third kappa shape index (κ3) is 3.74. The first-order chi connectivity index (χ1) is 8.78. The molecule has 0 saturated carbocycles. The lowest BCUT2D eigenvalue weighted by atomic mass is 10.1. The van der Waals surface area contributed by atoms with E-state index in [-0.39, 0.29) is 28.9 Å². The molecule has 1 aromatic carbocycles. The van der Waals surface area contributed by atoms with E-state index in [2.05, 4.69) is 4.72 Å². The van der Waals surface area contributed by atoms with Crippen LogP contribution in [0.5, 0.6) is 0 Å². The van der Waals surface area contributed by atoms with Gasteiger partial charge in [-0.1, -0.05) is 0 Å². The summed E-state index contributed by atoms with van der Waals surface area (Å²) < 4.78 is 61.3. The second-order valence-corrected chi connectivity index (χ2v) is 8.57. The van der Waals surface area contributed by atoms with Crippen molar-refractivity contribution in [2.75, 3.05) is 18.1 Å². The Hall–Kier alpha value is -0.990. The van der Waals surface area contributed by atoms with Crippen LogP contribution in [-0.2, 0) is 19.9 Å². The van der Waals surface area contributed by atoms with Gasteiger partial charge in [-0.3, -0.25) is 0 Å². The minimum Gasteiger partial charge on any atom is -0.229 e. The number of rotatable bonds is 4. The minimum atomic E-state index is -3.71. The molecule has 1 atom stereocenters. The fraction of sp³-hybridized carbons (Fsp3) is 0.455. The van der Waals surface area contributed by atoms with Crippen LogP contribution in [0.4, 0.5) is 4.39 Å². The molecule has 1 aliphatic heterocycles. The van der Waals surface area contributed by atoms with Crippen LogP contribution in [-0.4, -0.2) is 34.9 Å². The molecule has 0 bridgehead atoms. The lowest BCUT2D eigenvalue weighted by Crippen LogP contribution is -2.29. The lowest BCUT2D eigenvalue weighted by Gasteiger charge is -2.10. The van der Waals surface area contributed by atoms with Crippen LogP contribution in [0.25, 0.3) is 0 Å². The number of sulfone groups is 1. The maximum Gasteiger partial charge on any atom is 0.240 e. The van der Waals surface area contributed by atoms with Crippen LogP contribution in [0.2, 0.25) is 0 Å². The van der Waals surface area contributed by atoms with Crippen molar-refractivity contribution in [3.05, 3.63) is 30.1 Å². The topological polar surface area (TPSA) is 80.3 Å². The monoisotopic (exact) mass is 307 g/mol. The molecular weight excluding hydrogens is 293 g/mol. The maximum atomic E-state index is 12.7. The molecule has 0 unspecified atom stereocenters. The smallest absolute Gasteiger partial charge is 0.229 e. The van der Waals surface area contributed by atoms with Crippen molar-refractivity contribution >= 4 is 19.9 Å². The van der Waals surface area contributed by atoms with Crippen LogP contribution in [0, 0.1) is 11.7 Å². The van der Waals surface area contributed by atoms with Crippen LogP contribution in [0.15, 0.2) is 29.2 Å². The van der Waals surface area contributed by atoms with Gasteiger partial charge in [-0.05, 0) is 36.6 Å². The fourth-order valence-corrected chi connectivity index (χ4v) is 4.94. The summed E-state index contributed by atoms with van der Waals surface area (Å²) >= 11 is 0. The van der Waals surface area contributed by atoms with Crippen LogP contribution in [0.1, 0.15) is 6.42 Å². The molecule has 1 saturated heterocycles. The van der Waals surface area contributed by atoms with E-state index in [0.717, 1.165) is 12.1 Å². The summed E-state index contributed by atoms with van der Waals surface area (Å²) in [6, 6.07) is 4.47. The van der Waals surface area contributed by atoms with E-state index in [0.29, 0.717) is 6.42 Å². The number of sulfonamides is 1. The van der Waals surface area contributed by atoms with E-state index in [9.17, 15) is 21.2 Å². The van der Waals surface area contributed by atoms with Gasteiger partial charge in [0.15, 0.2) is 9.84 Å². The molecule has 0 spiro atoms. The van der Waals surface area contributed by atoms with E-state index in [1.54, 1.807) is 0 Å². The normalized spacial score (nSPS) is 22.5. The van der Waals surface area contributed by atoms with Gasteiger partial charge in [0, 0.05) is 6.54 Å². The van der Waals surface area contributed by atoms with E-state index >= 15 is 0 Å². The van der Waals surface area contributed by atoms with Crippen molar-refractivity contribution in [3.63, 3.8) is 0 Å². The number of halogens is 1. The van der Waals surface area contributed by atoms with Crippen molar-refractivity contribution in [2.24, 2.45) is 5.92 Å². The van der Waals surface area contributed by atoms with Crippen molar-refractivity contribution < 1.29 is 21.2 Å². The minimum absolute atomic E-state index is 0.0128. The Balaban J connectivity index is 2.01. The number of benzene rings is 1. The predicted octanol–water partition coefficient (Wildman–Crippen LogP) is 0.539. The molecule has 0 aliphatic carbocycles. The van der Waals surface area contributed by atoms with Crippen molar-refractivity contribution in [1.29, 1.82) is 0 Å². The van der Waals surface area contributed by atoms with Gasteiger partial charge in [0.05, 0.1) is 16.4 Å². The van der Waals surface area contributed by atoms with Crippen LogP contribution >= 0.6 is 0 Å². The highest BCUT2D eigenvalue weighted by molar-refractivity contribution is 7.91. The van der Waals surface area contributed by atoms with Gasteiger partial charge in [0.1, 0.15) is 5.82 Å². The molecule has 1 N–H and O–H groups in total. The Kier molecular flexibility index (Phi) is 3.93. The SMILES string of the molecule is O=S1(=O)CC[C@H](CNS(=O)(=O)c2ccc(F)cc2)C1. The standard InChI is InChI=1S/C11H14FNO4S2/c12-10-1-3-11(4-2-10)19(16,17)13-7-9-5-6-18(14,15)8-9/h1-4,9,13H,5-8H2/t9-/m1/s1. The van der Waals surface area contributed by atoms with E-state index in [1.807, 2.05) is 0 Å². The third-order valence-corrected chi connectivity index (χ3v) is 6.29.